The quantitative estimate of drug-likeness (QED) is 0.872. The molecule has 2 N–H and O–H groups in total. The zero-order chi connectivity index (χ0) is 17.0. The van der Waals surface area contributed by atoms with Gasteiger partial charge in [-0.05, 0) is 37.5 Å². The number of amides is 2. The summed E-state index contributed by atoms with van der Waals surface area (Å²) in [4.78, 5) is 13.9. The van der Waals surface area contributed by atoms with Crippen LogP contribution in [0.2, 0.25) is 0 Å². The van der Waals surface area contributed by atoms with E-state index in [2.05, 4.69) is 10.0 Å². The van der Waals surface area contributed by atoms with Gasteiger partial charge in [-0.3, -0.25) is 0 Å². The monoisotopic (exact) mass is 343 g/mol. The molecule has 1 aromatic carbocycles. The van der Waals surface area contributed by atoms with Crippen LogP contribution in [0.4, 0.5) is 9.18 Å². The first-order valence-corrected chi connectivity index (χ1v) is 9.42. The van der Waals surface area contributed by atoms with Gasteiger partial charge in [0.25, 0.3) is 0 Å². The van der Waals surface area contributed by atoms with Gasteiger partial charge in [-0.15, -0.1) is 0 Å². The molecule has 8 heteroatoms. The molecular formula is C15H22FN3O3S. The summed E-state index contributed by atoms with van der Waals surface area (Å²) in [6.07, 6.45) is 2.54. The Morgan fingerprint density at radius 1 is 1.43 bits per heavy atom. The number of halogens is 1. The van der Waals surface area contributed by atoms with Crippen LogP contribution >= 0.6 is 0 Å². The number of likely N-dealkylation sites (tertiary alicyclic amines) is 1. The maximum Gasteiger partial charge on any atom is 0.317 e. The van der Waals surface area contributed by atoms with Crippen molar-refractivity contribution in [2.75, 3.05) is 19.3 Å². The molecule has 0 spiro atoms. The van der Waals surface area contributed by atoms with Crippen LogP contribution in [-0.2, 0) is 10.0 Å². The fourth-order valence-electron chi connectivity index (χ4n) is 2.70. The topological polar surface area (TPSA) is 78.5 Å². The van der Waals surface area contributed by atoms with Crippen LogP contribution in [0.1, 0.15) is 31.4 Å². The highest BCUT2D eigenvalue weighted by atomic mass is 32.2. The number of hydrogen-bond donors (Lipinski definition) is 2. The van der Waals surface area contributed by atoms with Gasteiger partial charge < -0.3 is 10.2 Å². The van der Waals surface area contributed by atoms with E-state index < -0.39 is 10.0 Å². The van der Waals surface area contributed by atoms with Gasteiger partial charge in [0.2, 0.25) is 10.0 Å². The second-order valence-electron chi connectivity index (χ2n) is 5.90. The minimum Gasteiger partial charge on any atom is -0.331 e. The average molecular weight is 343 g/mol. The summed E-state index contributed by atoms with van der Waals surface area (Å²) in [7, 11) is -3.29. The molecule has 0 bridgehead atoms. The minimum atomic E-state index is -3.29. The van der Waals surface area contributed by atoms with E-state index in [0.717, 1.165) is 12.7 Å². The number of nitrogens with zero attached hydrogens (tertiary/aromatic N) is 1. The van der Waals surface area contributed by atoms with E-state index in [4.69, 9.17) is 0 Å². The Kier molecular flexibility index (Phi) is 5.59. The highest BCUT2D eigenvalue weighted by Crippen LogP contribution is 2.16. The van der Waals surface area contributed by atoms with E-state index in [-0.39, 0.29) is 23.9 Å². The molecule has 23 heavy (non-hydrogen) atoms. The van der Waals surface area contributed by atoms with Crippen molar-refractivity contribution in [3.8, 4) is 0 Å². The number of urea groups is 1. The van der Waals surface area contributed by atoms with E-state index in [1.165, 1.54) is 12.1 Å². The largest absolute Gasteiger partial charge is 0.331 e. The Morgan fingerprint density at radius 3 is 2.83 bits per heavy atom. The van der Waals surface area contributed by atoms with E-state index in [1.54, 1.807) is 24.0 Å². The van der Waals surface area contributed by atoms with Crippen molar-refractivity contribution >= 4 is 16.1 Å². The lowest BCUT2D eigenvalue weighted by molar-refractivity contribution is 0.174. The molecule has 2 amide bonds. The lowest BCUT2D eigenvalue weighted by Crippen LogP contribution is -2.52. The average Bonchev–Trinajstić information content (AvgIpc) is 2.45. The summed E-state index contributed by atoms with van der Waals surface area (Å²) in [6.45, 7) is 2.68. The summed E-state index contributed by atoms with van der Waals surface area (Å²) in [5, 5.41) is 2.82. The molecule has 2 rings (SSSR count). The molecule has 1 aliphatic rings. The summed E-state index contributed by atoms with van der Waals surface area (Å²) in [6, 6.07) is 5.20. The molecule has 1 heterocycles. The second-order valence-corrected chi connectivity index (χ2v) is 7.68. The molecule has 1 aliphatic heterocycles. The number of carbonyl (C=O) groups is 1. The van der Waals surface area contributed by atoms with Gasteiger partial charge >= 0.3 is 6.03 Å². The molecule has 0 radical (unpaired) electrons. The minimum absolute atomic E-state index is 0.269. The molecule has 6 nitrogen and oxygen atoms in total. The summed E-state index contributed by atoms with van der Waals surface area (Å²) >= 11 is 0. The lowest BCUT2D eigenvalue weighted by Gasteiger charge is -2.33. The zero-order valence-corrected chi connectivity index (χ0v) is 14.1. The maximum absolute atomic E-state index is 13.2. The lowest BCUT2D eigenvalue weighted by atomic mass is 10.1. The number of rotatable bonds is 4. The zero-order valence-electron chi connectivity index (χ0n) is 13.3. The Bertz CT molecular complexity index is 666. The third kappa shape index (κ3) is 5.47. The predicted molar refractivity (Wildman–Crippen MR) is 85.9 cm³/mol. The van der Waals surface area contributed by atoms with Crippen LogP contribution < -0.4 is 10.0 Å². The Labute approximate surface area is 136 Å². The first kappa shape index (κ1) is 17.7. The molecule has 0 unspecified atom stereocenters. The van der Waals surface area contributed by atoms with Gasteiger partial charge in [0.15, 0.2) is 0 Å². The number of benzene rings is 1. The standard InChI is InChI=1S/C15H22FN3O3S/c1-11(12-5-3-6-13(16)9-12)17-15(20)19-8-4-7-14(10-19)18-23(2,21)22/h3,5-6,9,11,14,18H,4,7-8,10H2,1-2H3,(H,17,20)/t11-,14+/m0/s1. The second kappa shape index (κ2) is 7.27. The van der Waals surface area contributed by atoms with Crippen molar-refractivity contribution < 1.29 is 17.6 Å². The predicted octanol–water partition coefficient (Wildman–Crippen LogP) is 1.61. The fourth-order valence-corrected chi connectivity index (χ4v) is 3.49. The van der Waals surface area contributed by atoms with Crippen LogP contribution in [0.25, 0.3) is 0 Å². The summed E-state index contributed by atoms with van der Waals surface area (Å²) in [5.41, 5.74) is 0.682. The Hall–Kier alpha value is -1.67. The number of sulfonamides is 1. The highest BCUT2D eigenvalue weighted by molar-refractivity contribution is 7.88. The van der Waals surface area contributed by atoms with Gasteiger partial charge in [-0.1, -0.05) is 12.1 Å². The third-order valence-electron chi connectivity index (χ3n) is 3.78. The van der Waals surface area contributed by atoms with Crippen LogP contribution in [0, 0.1) is 5.82 Å². The van der Waals surface area contributed by atoms with Crippen LogP contribution in [0.15, 0.2) is 24.3 Å². The Morgan fingerprint density at radius 2 is 2.17 bits per heavy atom. The fraction of sp³-hybridized carbons (Fsp3) is 0.533. The molecule has 1 fully saturated rings. The normalized spacial score (nSPS) is 20.1. The van der Waals surface area contributed by atoms with Crippen molar-refractivity contribution in [1.82, 2.24) is 14.9 Å². The number of carbonyl (C=O) groups excluding carboxylic acids is 1. The summed E-state index contributed by atoms with van der Waals surface area (Å²) < 4.78 is 38.4. The molecule has 1 saturated heterocycles. The molecule has 128 valence electrons. The number of piperidine rings is 1. The van der Waals surface area contributed by atoms with Gasteiger partial charge in [0, 0.05) is 19.1 Å². The SMILES string of the molecule is C[C@H](NC(=O)N1CCC[C@@H](NS(C)(=O)=O)C1)c1cccc(F)c1. The van der Waals surface area contributed by atoms with Gasteiger partial charge in [0.1, 0.15) is 5.82 Å². The van der Waals surface area contributed by atoms with E-state index in [0.29, 0.717) is 25.1 Å². The van der Waals surface area contributed by atoms with Crippen LogP contribution in [0.3, 0.4) is 0 Å². The van der Waals surface area contributed by atoms with Crippen molar-refractivity contribution in [2.24, 2.45) is 0 Å². The van der Waals surface area contributed by atoms with Crippen molar-refractivity contribution in [2.45, 2.75) is 31.8 Å². The van der Waals surface area contributed by atoms with Gasteiger partial charge in [0.05, 0.1) is 12.3 Å². The maximum atomic E-state index is 13.2. The Balaban J connectivity index is 1.94. The van der Waals surface area contributed by atoms with Crippen molar-refractivity contribution in [3.63, 3.8) is 0 Å². The van der Waals surface area contributed by atoms with Crippen molar-refractivity contribution in [1.29, 1.82) is 0 Å². The number of hydrogen-bond acceptors (Lipinski definition) is 3. The molecule has 2 atom stereocenters. The molecule has 1 aromatic rings. The molecule has 0 saturated carbocycles. The first-order chi connectivity index (χ1) is 10.7. The smallest absolute Gasteiger partial charge is 0.317 e. The van der Waals surface area contributed by atoms with Gasteiger partial charge in [-0.25, -0.2) is 22.3 Å². The third-order valence-corrected chi connectivity index (χ3v) is 4.54. The summed E-state index contributed by atoms with van der Waals surface area (Å²) in [5.74, 6) is -0.348. The molecule has 0 aromatic heterocycles. The van der Waals surface area contributed by atoms with E-state index in [9.17, 15) is 17.6 Å². The first-order valence-electron chi connectivity index (χ1n) is 7.53. The number of nitrogens with one attached hydrogen (secondary N) is 2. The van der Waals surface area contributed by atoms with Crippen molar-refractivity contribution in [3.05, 3.63) is 35.6 Å². The van der Waals surface area contributed by atoms with Gasteiger partial charge in [-0.2, -0.15) is 0 Å². The molecular weight excluding hydrogens is 321 g/mol. The van der Waals surface area contributed by atoms with E-state index in [1.807, 2.05) is 0 Å². The molecule has 0 aliphatic carbocycles. The van der Waals surface area contributed by atoms with Crippen LogP contribution in [-0.4, -0.2) is 44.7 Å². The van der Waals surface area contributed by atoms with E-state index >= 15 is 0 Å². The van der Waals surface area contributed by atoms with Crippen LogP contribution in [0.5, 0.6) is 0 Å². The highest BCUT2D eigenvalue weighted by Gasteiger charge is 2.26.